The Morgan fingerprint density at radius 3 is 2.65 bits per heavy atom. The minimum Gasteiger partial charge on any atom is -0.453 e. The van der Waals surface area contributed by atoms with Crippen molar-refractivity contribution in [1.82, 2.24) is 15.5 Å². The summed E-state index contributed by atoms with van der Waals surface area (Å²) in [4.78, 5) is 26.8. The van der Waals surface area contributed by atoms with E-state index in [1.807, 2.05) is 6.07 Å². The van der Waals surface area contributed by atoms with E-state index in [-0.39, 0.29) is 25.1 Å². The molecule has 1 heterocycles. The molecule has 3 N–H and O–H groups in total. The van der Waals surface area contributed by atoms with Gasteiger partial charge < -0.3 is 25.4 Å². The van der Waals surface area contributed by atoms with Gasteiger partial charge in [0.25, 0.3) is 5.91 Å². The van der Waals surface area contributed by atoms with Crippen molar-refractivity contribution >= 4 is 23.6 Å². The van der Waals surface area contributed by atoms with Crippen LogP contribution in [0.25, 0.3) is 11.1 Å². The number of methoxy groups -OCH3 is 1. The second-order valence-corrected chi connectivity index (χ2v) is 11.5. The number of rotatable bonds is 10. The zero-order chi connectivity index (χ0) is 31.1. The molecule has 4 rings (SSSR count). The molecular weight excluding hydrogens is 576 g/mol. The summed E-state index contributed by atoms with van der Waals surface area (Å²) >= 11 is 6.73. The number of ether oxygens (including phenoxy) is 1. The Morgan fingerprint density at radius 2 is 1.95 bits per heavy atom. The van der Waals surface area contributed by atoms with Crippen LogP contribution < -0.4 is 10.6 Å². The maximum absolute atomic E-state index is 15.0. The van der Waals surface area contributed by atoms with Gasteiger partial charge in [-0.05, 0) is 92.2 Å². The number of nitrogens with one attached hydrogen (secondary N) is 2. The Labute approximate surface area is 256 Å². The van der Waals surface area contributed by atoms with Crippen molar-refractivity contribution in [2.45, 2.75) is 44.8 Å². The molecule has 0 aliphatic carbocycles. The average molecular weight is 614 g/mol. The molecule has 2 amide bonds. The lowest BCUT2D eigenvalue weighted by Gasteiger charge is -2.44. The highest BCUT2D eigenvalue weighted by atomic mass is 35.5. The lowest BCUT2D eigenvalue weighted by molar-refractivity contribution is -0.0563. The number of piperidine rings is 1. The van der Waals surface area contributed by atoms with Gasteiger partial charge in [0.05, 0.1) is 18.3 Å². The molecule has 7 nitrogen and oxygen atoms in total. The van der Waals surface area contributed by atoms with Crippen LogP contribution in [0.5, 0.6) is 0 Å². The molecule has 2 atom stereocenters. The summed E-state index contributed by atoms with van der Waals surface area (Å²) in [6.45, 7) is 3.08. The van der Waals surface area contributed by atoms with E-state index in [4.69, 9.17) is 11.6 Å². The monoisotopic (exact) mass is 613 g/mol. The maximum Gasteiger partial charge on any atom is 0.406 e. The number of amides is 2. The van der Waals surface area contributed by atoms with Crippen LogP contribution in [0, 0.1) is 24.5 Å². The van der Waals surface area contributed by atoms with Gasteiger partial charge in [-0.3, -0.25) is 4.79 Å². The maximum atomic E-state index is 15.0. The first kappa shape index (κ1) is 32.4. The number of alkyl carbamates (subject to hydrolysis) is 1. The minimum atomic E-state index is -1.52. The van der Waals surface area contributed by atoms with Crippen molar-refractivity contribution in [1.29, 1.82) is 0 Å². The molecule has 3 aromatic rings. The normalized spacial score (nSPS) is 16.4. The summed E-state index contributed by atoms with van der Waals surface area (Å²) in [6.07, 6.45) is 1.18. The molecule has 0 unspecified atom stereocenters. The van der Waals surface area contributed by atoms with Crippen LogP contribution in [0.15, 0.2) is 54.6 Å². The minimum absolute atomic E-state index is 0.0231. The Balaban J connectivity index is 1.71. The number of carbonyl (C=O) groups is 2. The fourth-order valence-electron chi connectivity index (χ4n) is 6.01. The molecule has 0 aromatic heterocycles. The van der Waals surface area contributed by atoms with Crippen LogP contribution in [0.4, 0.5) is 13.6 Å². The average Bonchev–Trinajstić information content (AvgIpc) is 2.98. The lowest BCUT2D eigenvalue weighted by atomic mass is 9.72. The number of hydrogen-bond acceptors (Lipinski definition) is 5. The van der Waals surface area contributed by atoms with Crippen LogP contribution in [0.1, 0.15) is 52.7 Å². The van der Waals surface area contributed by atoms with E-state index >= 15 is 4.39 Å². The number of aliphatic hydroxyl groups is 1. The van der Waals surface area contributed by atoms with Crippen LogP contribution in [-0.2, 0) is 16.9 Å². The van der Waals surface area contributed by atoms with Crippen molar-refractivity contribution < 1.29 is 28.2 Å². The quantitative estimate of drug-likeness (QED) is 0.237. The second-order valence-electron chi connectivity index (χ2n) is 11.1. The van der Waals surface area contributed by atoms with E-state index in [2.05, 4.69) is 15.4 Å². The molecule has 0 radical (unpaired) electrons. The fourth-order valence-corrected chi connectivity index (χ4v) is 6.29. The third-order valence-corrected chi connectivity index (χ3v) is 8.34. The molecule has 43 heavy (non-hydrogen) atoms. The van der Waals surface area contributed by atoms with Gasteiger partial charge in [-0.1, -0.05) is 35.9 Å². The first-order chi connectivity index (χ1) is 20.6. The number of nitrogens with zero attached hydrogens (tertiary/aromatic N) is 1. The van der Waals surface area contributed by atoms with Gasteiger partial charge in [0.1, 0.15) is 11.6 Å². The van der Waals surface area contributed by atoms with Crippen molar-refractivity contribution in [2.75, 3.05) is 33.8 Å². The Hall–Kier alpha value is -3.53. The molecular formula is C33H38ClF2N3O4. The largest absolute Gasteiger partial charge is 0.453 e. The summed E-state index contributed by atoms with van der Waals surface area (Å²) in [5, 5.41) is 18.6. The van der Waals surface area contributed by atoms with Gasteiger partial charge in [0.15, 0.2) is 0 Å². The van der Waals surface area contributed by atoms with Crippen LogP contribution in [-0.4, -0.2) is 55.8 Å². The van der Waals surface area contributed by atoms with Crippen LogP contribution in [0.3, 0.4) is 0 Å². The number of carbonyl (C=O) groups excluding carboxylic acids is 2. The van der Waals surface area contributed by atoms with E-state index in [0.717, 1.165) is 5.56 Å². The summed E-state index contributed by atoms with van der Waals surface area (Å²) in [5.74, 6) is -1.92. The molecule has 3 aromatic carbocycles. The van der Waals surface area contributed by atoms with Crippen molar-refractivity contribution in [3.63, 3.8) is 0 Å². The Morgan fingerprint density at radius 1 is 1.16 bits per heavy atom. The van der Waals surface area contributed by atoms with Crippen LogP contribution in [0.2, 0.25) is 5.02 Å². The predicted molar refractivity (Wildman–Crippen MR) is 163 cm³/mol. The number of hydrogen-bond donors (Lipinski definition) is 3. The van der Waals surface area contributed by atoms with Gasteiger partial charge in [-0.2, -0.15) is 0 Å². The third-order valence-electron chi connectivity index (χ3n) is 8.03. The molecule has 0 saturated carbocycles. The standard InChI is InChI=1S/C33H38ClF2N3O4/c1-21-15-23(18-25(35)16-21)30-27(8-4-9-28(30)34)33(42,12-6-13-38-32(41)43-3)24-7-5-14-39(20-24)31(40)26-11-10-22(19-37-2)17-29(26)36/h4,8-11,15-18,24,37,42H,5-7,12-14,19-20H2,1-3H3,(H,38,41)/t24-,33+/m1/s1. The molecule has 0 bridgehead atoms. The summed E-state index contributed by atoms with van der Waals surface area (Å²) in [5.41, 5.74) is 1.41. The van der Waals surface area contributed by atoms with Gasteiger partial charge in [0.2, 0.25) is 0 Å². The highest BCUT2D eigenvalue weighted by molar-refractivity contribution is 6.33. The zero-order valence-electron chi connectivity index (χ0n) is 24.7. The molecule has 1 aliphatic heterocycles. The zero-order valence-corrected chi connectivity index (χ0v) is 25.4. The van der Waals surface area contributed by atoms with E-state index in [9.17, 15) is 19.1 Å². The van der Waals surface area contributed by atoms with Crippen molar-refractivity contribution in [2.24, 2.45) is 5.92 Å². The number of likely N-dealkylation sites (tertiary alicyclic amines) is 1. The van der Waals surface area contributed by atoms with E-state index in [1.54, 1.807) is 43.1 Å². The molecule has 1 fully saturated rings. The summed E-state index contributed by atoms with van der Waals surface area (Å²) < 4.78 is 34.2. The Bertz CT molecular complexity index is 1450. The first-order valence-electron chi connectivity index (χ1n) is 14.4. The van der Waals surface area contributed by atoms with E-state index < -0.39 is 35.2 Å². The molecule has 1 saturated heterocycles. The molecule has 1 aliphatic rings. The number of halogens is 3. The highest BCUT2D eigenvalue weighted by Gasteiger charge is 2.43. The number of benzene rings is 3. The highest BCUT2D eigenvalue weighted by Crippen LogP contribution is 2.46. The van der Waals surface area contributed by atoms with Gasteiger partial charge in [0, 0.05) is 42.7 Å². The first-order valence-corrected chi connectivity index (χ1v) is 14.8. The molecule has 0 spiro atoms. The Kier molecular flexibility index (Phi) is 10.8. The molecule has 10 heteroatoms. The van der Waals surface area contributed by atoms with Gasteiger partial charge in [-0.25, -0.2) is 13.6 Å². The summed E-state index contributed by atoms with van der Waals surface area (Å²) in [7, 11) is 3.04. The fraction of sp³-hybridized carbons (Fsp3) is 0.394. The van der Waals surface area contributed by atoms with E-state index in [0.29, 0.717) is 59.6 Å². The third kappa shape index (κ3) is 7.52. The predicted octanol–water partition coefficient (Wildman–Crippen LogP) is 6.19. The van der Waals surface area contributed by atoms with Gasteiger partial charge >= 0.3 is 6.09 Å². The SMILES string of the molecule is CNCc1ccc(C(=O)N2CCC[C@@H]([C@@](O)(CCCNC(=O)OC)c3cccc(Cl)c3-c3cc(C)cc(F)c3)C2)c(F)c1. The van der Waals surface area contributed by atoms with Crippen molar-refractivity contribution in [3.05, 3.63) is 93.5 Å². The van der Waals surface area contributed by atoms with Gasteiger partial charge in [-0.15, -0.1) is 0 Å². The van der Waals surface area contributed by atoms with Crippen molar-refractivity contribution in [3.8, 4) is 11.1 Å². The summed E-state index contributed by atoms with van der Waals surface area (Å²) in [6, 6.07) is 14.4. The number of aryl methyl sites for hydroxylation is 1. The van der Waals surface area contributed by atoms with Crippen LogP contribution >= 0.6 is 11.6 Å². The lowest BCUT2D eigenvalue weighted by Crippen LogP contribution is -2.48. The van der Waals surface area contributed by atoms with E-state index in [1.165, 1.54) is 31.4 Å². The smallest absolute Gasteiger partial charge is 0.406 e. The molecule has 230 valence electrons. The second kappa shape index (κ2) is 14.3. The topological polar surface area (TPSA) is 90.9 Å².